The van der Waals surface area contributed by atoms with Crippen LogP contribution in [0.2, 0.25) is 0 Å². The Bertz CT molecular complexity index is 562. The molecule has 3 N–H and O–H groups in total. The Morgan fingerprint density at radius 1 is 1.16 bits per heavy atom. The first-order chi connectivity index (χ1) is 11.6. The lowest BCUT2D eigenvalue weighted by atomic mass is 10.3. The predicted octanol–water partition coefficient (Wildman–Crippen LogP) is 0.889. The maximum Gasteiger partial charge on any atom is 0.239 e. The minimum Gasteiger partial charge on any atom is -0.489 e. The van der Waals surface area contributed by atoms with Gasteiger partial charge in [0.1, 0.15) is 12.4 Å². The number of guanidine groups is 1. The standard InChI is InChI=1S/C15H22F2N4O3.HI/c1-18-15(21-10-14(22)19-5-7-23-2)20-6-8-24-13-4-3-11(16)9-12(13)17;/h3-4,9H,5-8,10H2,1-2H3,(H,19,22)(H2,18,20,21);1H. The van der Waals surface area contributed by atoms with Gasteiger partial charge in [-0.05, 0) is 12.1 Å². The molecule has 0 aliphatic carbocycles. The molecular formula is C15H23F2IN4O3. The molecule has 0 spiro atoms. The molecule has 1 aromatic rings. The lowest BCUT2D eigenvalue weighted by Gasteiger charge is -2.12. The molecule has 0 atom stereocenters. The zero-order chi connectivity index (χ0) is 17.8. The van der Waals surface area contributed by atoms with Crippen LogP contribution >= 0.6 is 24.0 Å². The molecule has 0 bridgehead atoms. The number of benzene rings is 1. The first kappa shape index (κ1) is 23.3. The molecule has 25 heavy (non-hydrogen) atoms. The zero-order valence-electron chi connectivity index (χ0n) is 14.1. The van der Waals surface area contributed by atoms with E-state index >= 15 is 0 Å². The summed E-state index contributed by atoms with van der Waals surface area (Å²) in [6.45, 7) is 1.39. The highest BCUT2D eigenvalue weighted by Gasteiger charge is 2.05. The van der Waals surface area contributed by atoms with Gasteiger partial charge < -0.3 is 25.4 Å². The van der Waals surface area contributed by atoms with Crippen molar-refractivity contribution in [3.05, 3.63) is 29.8 Å². The first-order valence-corrected chi connectivity index (χ1v) is 7.34. The summed E-state index contributed by atoms with van der Waals surface area (Å²) >= 11 is 0. The van der Waals surface area contributed by atoms with Crippen molar-refractivity contribution in [2.24, 2.45) is 4.99 Å². The summed E-state index contributed by atoms with van der Waals surface area (Å²) in [4.78, 5) is 15.4. The zero-order valence-corrected chi connectivity index (χ0v) is 16.4. The normalized spacial score (nSPS) is 10.6. The number of rotatable bonds is 9. The van der Waals surface area contributed by atoms with Crippen molar-refractivity contribution in [3.8, 4) is 5.75 Å². The van der Waals surface area contributed by atoms with Gasteiger partial charge in [0.05, 0.1) is 19.7 Å². The SMILES string of the molecule is CN=C(NCCOc1ccc(F)cc1F)NCC(=O)NCCOC.I. The van der Waals surface area contributed by atoms with Crippen molar-refractivity contribution in [1.82, 2.24) is 16.0 Å². The van der Waals surface area contributed by atoms with Crippen molar-refractivity contribution in [2.45, 2.75) is 0 Å². The van der Waals surface area contributed by atoms with Gasteiger partial charge >= 0.3 is 0 Å². The highest BCUT2D eigenvalue weighted by atomic mass is 127. The van der Waals surface area contributed by atoms with Crippen LogP contribution in [0.15, 0.2) is 23.2 Å². The molecule has 0 saturated carbocycles. The van der Waals surface area contributed by atoms with Crippen molar-refractivity contribution in [3.63, 3.8) is 0 Å². The summed E-state index contributed by atoms with van der Waals surface area (Å²) in [5, 5.41) is 8.38. The van der Waals surface area contributed by atoms with Crippen molar-refractivity contribution < 1.29 is 23.0 Å². The van der Waals surface area contributed by atoms with Gasteiger partial charge in [-0.2, -0.15) is 0 Å². The number of aliphatic imine (C=N–C) groups is 1. The van der Waals surface area contributed by atoms with Crippen molar-refractivity contribution >= 4 is 35.8 Å². The van der Waals surface area contributed by atoms with Gasteiger partial charge in [0.2, 0.25) is 5.91 Å². The molecule has 0 aromatic heterocycles. The number of halogens is 3. The average molecular weight is 472 g/mol. The first-order valence-electron chi connectivity index (χ1n) is 7.34. The third-order valence-electron chi connectivity index (χ3n) is 2.81. The minimum atomic E-state index is -0.759. The van der Waals surface area contributed by atoms with E-state index in [-0.39, 0.29) is 48.8 Å². The fourth-order valence-electron chi connectivity index (χ4n) is 1.66. The monoisotopic (exact) mass is 472 g/mol. The van der Waals surface area contributed by atoms with E-state index in [1.54, 1.807) is 14.2 Å². The van der Waals surface area contributed by atoms with Gasteiger partial charge in [-0.15, -0.1) is 24.0 Å². The molecule has 0 fully saturated rings. The molecule has 0 heterocycles. The van der Waals surface area contributed by atoms with E-state index in [0.717, 1.165) is 12.1 Å². The summed E-state index contributed by atoms with van der Waals surface area (Å²) in [5.74, 6) is -1.24. The van der Waals surface area contributed by atoms with E-state index in [4.69, 9.17) is 9.47 Å². The van der Waals surface area contributed by atoms with Crippen molar-refractivity contribution in [2.75, 3.05) is 47.0 Å². The van der Waals surface area contributed by atoms with Crippen LogP contribution in [0.25, 0.3) is 0 Å². The second-order valence-corrected chi connectivity index (χ2v) is 4.62. The third kappa shape index (κ3) is 10.0. The molecular weight excluding hydrogens is 449 g/mol. The molecule has 0 aliphatic rings. The van der Waals surface area contributed by atoms with Crippen molar-refractivity contribution in [1.29, 1.82) is 0 Å². The van der Waals surface area contributed by atoms with Crippen LogP contribution in [-0.4, -0.2) is 58.9 Å². The summed E-state index contributed by atoms with van der Waals surface area (Å²) in [6, 6.07) is 3.10. The van der Waals surface area contributed by atoms with Crippen LogP contribution in [0.5, 0.6) is 5.75 Å². The summed E-state index contributed by atoms with van der Waals surface area (Å²) in [7, 11) is 3.11. The highest BCUT2D eigenvalue weighted by molar-refractivity contribution is 14.0. The van der Waals surface area contributed by atoms with Gasteiger partial charge in [0.25, 0.3) is 0 Å². The molecule has 1 amide bonds. The van der Waals surface area contributed by atoms with Crippen LogP contribution in [0, 0.1) is 11.6 Å². The third-order valence-corrected chi connectivity index (χ3v) is 2.81. The molecule has 0 unspecified atom stereocenters. The van der Waals surface area contributed by atoms with Gasteiger partial charge in [0.15, 0.2) is 17.5 Å². The number of ether oxygens (including phenoxy) is 2. The van der Waals surface area contributed by atoms with E-state index in [0.29, 0.717) is 25.7 Å². The van der Waals surface area contributed by atoms with Gasteiger partial charge in [-0.25, -0.2) is 8.78 Å². The van der Waals surface area contributed by atoms with Gasteiger partial charge in [-0.1, -0.05) is 0 Å². The van der Waals surface area contributed by atoms with Gasteiger partial charge in [-0.3, -0.25) is 9.79 Å². The Balaban J connectivity index is 0.00000576. The average Bonchev–Trinajstić information content (AvgIpc) is 2.56. The smallest absolute Gasteiger partial charge is 0.239 e. The van der Waals surface area contributed by atoms with Crippen LogP contribution in [0.4, 0.5) is 8.78 Å². The molecule has 0 aliphatic heterocycles. The van der Waals surface area contributed by atoms with E-state index in [9.17, 15) is 13.6 Å². The maximum absolute atomic E-state index is 13.4. The Kier molecular flexibility index (Phi) is 12.7. The Morgan fingerprint density at radius 3 is 2.52 bits per heavy atom. The second-order valence-electron chi connectivity index (χ2n) is 4.62. The molecule has 10 heteroatoms. The van der Waals surface area contributed by atoms with E-state index in [1.165, 1.54) is 6.07 Å². The number of nitrogens with zero attached hydrogens (tertiary/aromatic N) is 1. The molecule has 1 rings (SSSR count). The van der Waals surface area contributed by atoms with Crippen LogP contribution in [-0.2, 0) is 9.53 Å². The van der Waals surface area contributed by atoms with E-state index in [1.807, 2.05) is 0 Å². The quantitative estimate of drug-likeness (QED) is 0.215. The summed E-state index contributed by atoms with van der Waals surface area (Å²) in [5.41, 5.74) is 0. The predicted molar refractivity (Wildman–Crippen MR) is 102 cm³/mol. The Labute approximate surface area is 162 Å². The number of carbonyl (C=O) groups is 1. The molecule has 142 valence electrons. The number of amides is 1. The largest absolute Gasteiger partial charge is 0.489 e. The van der Waals surface area contributed by atoms with E-state index in [2.05, 4.69) is 20.9 Å². The van der Waals surface area contributed by atoms with Gasteiger partial charge in [0, 0.05) is 26.8 Å². The lowest BCUT2D eigenvalue weighted by molar-refractivity contribution is -0.120. The lowest BCUT2D eigenvalue weighted by Crippen LogP contribution is -2.44. The minimum absolute atomic E-state index is 0. The number of nitrogens with one attached hydrogen (secondary N) is 3. The Morgan fingerprint density at radius 2 is 1.88 bits per heavy atom. The molecule has 1 aromatic carbocycles. The highest BCUT2D eigenvalue weighted by Crippen LogP contribution is 2.17. The molecule has 7 nitrogen and oxygen atoms in total. The number of methoxy groups -OCH3 is 1. The molecule has 0 saturated heterocycles. The maximum atomic E-state index is 13.4. The summed E-state index contributed by atoms with van der Waals surface area (Å²) < 4.78 is 36.1. The fourth-order valence-corrected chi connectivity index (χ4v) is 1.66. The van der Waals surface area contributed by atoms with Crippen LogP contribution in [0.1, 0.15) is 0 Å². The topological polar surface area (TPSA) is 84.0 Å². The number of carbonyl (C=O) groups excluding carboxylic acids is 1. The second kappa shape index (κ2) is 13.6. The fraction of sp³-hybridized carbons (Fsp3) is 0.467. The van der Waals surface area contributed by atoms with E-state index < -0.39 is 11.6 Å². The molecule has 0 radical (unpaired) electrons. The number of hydrogen-bond donors (Lipinski definition) is 3. The number of hydrogen-bond acceptors (Lipinski definition) is 4. The van der Waals surface area contributed by atoms with Crippen LogP contribution in [0.3, 0.4) is 0 Å². The van der Waals surface area contributed by atoms with Crippen LogP contribution < -0.4 is 20.7 Å². The summed E-state index contributed by atoms with van der Waals surface area (Å²) in [6.07, 6.45) is 0. The Hall–Kier alpha value is -1.69.